The van der Waals surface area contributed by atoms with Gasteiger partial charge < -0.3 is 25.2 Å². The minimum atomic E-state index is -0.997. The first-order valence-corrected chi connectivity index (χ1v) is 8.87. The Hall–Kier alpha value is -0.200. The van der Waals surface area contributed by atoms with E-state index in [1.807, 2.05) is 13.8 Å². The van der Waals surface area contributed by atoms with Crippen LogP contribution in [-0.4, -0.2) is 58.1 Å². The quantitative estimate of drug-likeness (QED) is 0.437. The second kappa shape index (κ2) is 11.4. The summed E-state index contributed by atoms with van der Waals surface area (Å²) in [4.78, 5) is 0. The smallest absolute Gasteiger partial charge is 0.103 e. The van der Waals surface area contributed by atoms with Crippen LogP contribution in [0.25, 0.3) is 0 Å². The fourth-order valence-electron chi connectivity index (χ4n) is 3.35. The van der Waals surface area contributed by atoms with Gasteiger partial charge in [-0.3, -0.25) is 0 Å². The molecular formula is C18H38O5. The molecule has 0 saturated carbocycles. The van der Waals surface area contributed by atoms with Crippen molar-refractivity contribution in [2.24, 2.45) is 23.7 Å². The fourth-order valence-corrected chi connectivity index (χ4v) is 3.35. The van der Waals surface area contributed by atoms with Crippen LogP contribution in [0.3, 0.4) is 0 Å². The van der Waals surface area contributed by atoms with Crippen molar-refractivity contribution in [2.45, 2.75) is 78.8 Å². The lowest BCUT2D eigenvalue weighted by Crippen LogP contribution is -2.47. The first kappa shape index (κ1) is 22.8. The molecular weight excluding hydrogens is 296 g/mol. The van der Waals surface area contributed by atoms with E-state index in [4.69, 9.17) is 4.74 Å². The van der Waals surface area contributed by atoms with Gasteiger partial charge in [-0.25, -0.2) is 0 Å². The second-order valence-electron chi connectivity index (χ2n) is 7.78. The standard InChI is InChI=1S/C18H38O5/c1-11(2)7-13(5)17(15(21)9-19)23-18(16(22)10-20)14(6)8-12(3)4/h11-22H,7-10H2,1-6H3. The van der Waals surface area contributed by atoms with Crippen LogP contribution in [0.5, 0.6) is 0 Å². The Morgan fingerprint density at radius 2 is 0.957 bits per heavy atom. The Balaban J connectivity index is 5.17. The van der Waals surface area contributed by atoms with Crippen molar-refractivity contribution >= 4 is 0 Å². The monoisotopic (exact) mass is 334 g/mol. The van der Waals surface area contributed by atoms with E-state index in [0.29, 0.717) is 11.8 Å². The number of ether oxygens (including phenoxy) is 1. The van der Waals surface area contributed by atoms with Crippen molar-refractivity contribution in [3.63, 3.8) is 0 Å². The fraction of sp³-hybridized carbons (Fsp3) is 1.00. The number of hydrogen-bond acceptors (Lipinski definition) is 5. The van der Waals surface area contributed by atoms with E-state index in [2.05, 4.69) is 27.7 Å². The van der Waals surface area contributed by atoms with Crippen molar-refractivity contribution in [2.75, 3.05) is 13.2 Å². The van der Waals surface area contributed by atoms with Gasteiger partial charge in [0.2, 0.25) is 0 Å². The van der Waals surface area contributed by atoms with Crippen LogP contribution >= 0.6 is 0 Å². The molecule has 23 heavy (non-hydrogen) atoms. The summed E-state index contributed by atoms with van der Waals surface area (Å²) in [5.41, 5.74) is 0. The van der Waals surface area contributed by atoms with Crippen LogP contribution in [0.15, 0.2) is 0 Å². The molecule has 0 aromatic heterocycles. The summed E-state index contributed by atoms with van der Waals surface area (Å²) in [5.74, 6) is 0.959. The van der Waals surface area contributed by atoms with Gasteiger partial charge in [0.1, 0.15) is 12.2 Å². The zero-order valence-electron chi connectivity index (χ0n) is 15.6. The molecule has 0 aromatic carbocycles. The van der Waals surface area contributed by atoms with Gasteiger partial charge in [0.15, 0.2) is 0 Å². The van der Waals surface area contributed by atoms with Crippen molar-refractivity contribution in [3.05, 3.63) is 0 Å². The predicted molar refractivity (Wildman–Crippen MR) is 92.1 cm³/mol. The minimum absolute atomic E-state index is 0.0387. The third-order valence-corrected chi connectivity index (χ3v) is 4.25. The van der Waals surface area contributed by atoms with Gasteiger partial charge in [-0.15, -0.1) is 0 Å². The lowest BCUT2D eigenvalue weighted by molar-refractivity contribution is -0.166. The van der Waals surface area contributed by atoms with Gasteiger partial charge in [0.05, 0.1) is 25.4 Å². The Morgan fingerprint density at radius 3 is 1.17 bits per heavy atom. The van der Waals surface area contributed by atoms with Gasteiger partial charge >= 0.3 is 0 Å². The third kappa shape index (κ3) is 8.45. The normalized spacial score (nSPS) is 20.3. The van der Waals surface area contributed by atoms with Crippen molar-refractivity contribution in [3.8, 4) is 0 Å². The SMILES string of the molecule is CC(C)CC(C)C(OC(C(C)CC(C)C)C(O)CO)C(O)CO. The van der Waals surface area contributed by atoms with Gasteiger partial charge in [-0.05, 0) is 36.5 Å². The largest absolute Gasteiger partial charge is 0.394 e. The van der Waals surface area contributed by atoms with Crippen LogP contribution in [0, 0.1) is 23.7 Å². The van der Waals surface area contributed by atoms with Crippen LogP contribution in [0.1, 0.15) is 54.4 Å². The van der Waals surface area contributed by atoms with Crippen LogP contribution in [-0.2, 0) is 4.74 Å². The first-order chi connectivity index (χ1) is 10.6. The Kier molecular flexibility index (Phi) is 11.3. The molecule has 5 heteroatoms. The highest BCUT2D eigenvalue weighted by atomic mass is 16.5. The summed E-state index contributed by atoms with van der Waals surface area (Å²) in [6, 6.07) is 0. The van der Waals surface area contributed by atoms with E-state index in [-0.39, 0.29) is 25.0 Å². The lowest BCUT2D eigenvalue weighted by atomic mass is 9.88. The molecule has 0 amide bonds. The van der Waals surface area contributed by atoms with E-state index >= 15 is 0 Å². The van der Waals surface area contributed by atoms with E-state index in [1.54, 1.807) is 0 Å². The zero-order valence-corrected chi connectivity index (χ0v) is 15.6. The summed E-state index contributed by atoms with van der Waals surface area (Å²) in [6.45, 7) is 11.6. The van der Waals surface area contributed by atoms with Gasteiger partial charge in [-0.2, -0.15) is 0 Å². The molecule has 0 rings (SSSR count). The number of aliphatic hydroxyl groups is 4. The molecule has 0 spiro atoms. The van der Waals surface area contributed by atoms with Crippen LogP contribution in [0.4, 0.5) is 0 Å². The minimum Gasteiger partial charge on any atom is -0.394 e. The van der Waals surface area contributed by atoms with Crippen molar-refractivity contribution < 1.29 is 25.2 Å². The zero-order chi connectivity index (χ0) is 18.2. The first-order valence-electron chi connectivity index (χ1n) is 8.87. The topological polar surface area (TPSA) is 90.2 Å². The summed E-state index contributed by atoms with van der Waals surface area (Å²) in [5, 5.41) is 39.0. The van der Waals surface area contributed by atoms with E-state index in [1.165, 1.54) is 0 Å². The van der Waals surface area contributed by atoms with Crippen molar-refractivity contribution in [1.29, 1.82) is 0 Å². The molecule has 0 saturated heterocycles. The molecule has 0 aromatic rings. The molecule has 0 aliphatic heterocycles. The molecule has 0 heterocycles. The van der Waals surface area contributed by atoms with E-state index in [0.717, 1.165) is 12.8 Å². The second-order valence-corrected chi connectivity index (χ2v) is 7.78. The summed E-state index contributed by atoms with van der Waals surface area (Å²) < 4.78 is 6.06. The number of hydrogen-bond donors (Lipinski definition) is 4. The molecule has 4 N–H and O–H groups in total. The molecule has 6 atom stereocenters. The molecule has 140 valence electrons. The van der Waals surface area contributed by atoms with Crippen LogP contribution in [0.2, 0.25) is 0 Å². The Labute approximate surface area is 141 Å². The van der Waals surface area contributed by atoms with Crippen molar-refractivity contribution in [1.82, 2.24) is 0 Å². The highest BCUT2D eigenvalue weighted by Crippen LogP contribution is 2.27. The molecule has 6 unspecified atom stereocenters. The Morgan fingerprint density at radius 1 is 0.652 bits per heavy atom. The third-order valence-electron chi connectivity index (χ3n) is 4.25. The highest BCUT2D eigenvalue weighted by Gasteiger charge is 2.34. The maximum atomic E-state index is 10.1. The average molecular weight is 334 g/mol. The van der Waals surface area contributed by atoms with E-state index in [9.17, 15) is 20.4 Å². The van der Waals surface area contributed by atoms with Gasteiger partial charge in [0, 0.05) is 0 Å². The maximum absolute atomic E-state index is 10.1. The summed E-state index contributed by atoms with van der Waals surface area (Å²) in [7, 11) is 0. The maximum Gasteiger partial charge on any atom is 0.103 e. The molecule has 0 aliphatic rings. The molecule has 0 aliphatic carbocycles. The van der Waals surface area contributed by atoms with Gasteiger partial charge in [-0.1, -0.05) is 41.5 Å². The summed E-state index contributed by atoms with van der Waals surface area (Å²) >= 11 is 0. The predicted octanol–water partition coefficient (Wildman–Crippen LogP) is 1.81. The molecule has 0 bridgehead atoms. The summed E-state index contributed by atoms with van der Waals surface area (Å²) in [6.07, 6.45) is -1.43. The molecule has 0 radical (unpaired) electrons. The highest BCUT2D eigenvalue weighted by molar-refractivity contribution is 4.82. The Bertz CT molecular complexity index is 267. The lowest BCUT2D eigenvalue weighted by Gasteiger charge is -2.37. The number of aliphatic hydroxyl groups excluding tert-OH is 4. The number of rotatable bonds is 12. The van der Waals surface area contributed by atoms with Crippen LogP contribution < -0.4 is 0 Å². The molecule has 5 nitrogen and oxygen atoms in total. The van der Waals surface area contributed by atoms with Gasteiger partial charge in [0.25, 0.3) is 0 Å². The molecule has 0 fully saturated rings. The average Bonchev–Trinajstić information content (AvgIpc) is 2.44. The van der Waals surface area contributed by atoms with E-state index < -0.39 is 24.4 Å².